The van der Waals surface area contributed by atoms with Gasteiger partial charge in [-0.15, -0.1) is 0 Å². The van der Waals surface area contributed by atoms with Gasteiger partial charge in [-0.2, -0.15) is 0 Å². The van der Waals surface area contributed by atoms with Crippen LogP contribution in [0.4, 0.5) is 0 Å². The number of nitrogens with one attached hydrogen (secondary N) is 1. The summed E-state index contributed by atoms with van der Waals surface area (Å²) in [4.78, 5) is 11.5. The molecule has 0 fully saturated rings. The van der Waals surface area contributed by atoms with Gasteiger partial charge < -0.3 is 9.90 Å². The third kappa shape index (κ3) is 2.08. The number of hydrogen-bond acceptors (Lipinski definition) is 4. The number of carbonyl (C=O) groups is 1. The minimum Gasteiger partial charge on any atom is -0.548 e. The summed E-state index contributed by atoms with van der Waals surface area (Å²) in [6.07, 6.45) is 0. The van der Waals surface area contributed by atoms with Crippen LogP contribution in [0.1, 0.15) is 11.6 Å². The molecule has 62 valence electrons. The molecule has 0 amide bonds. The van der Waals surface area contributed by atoms with Crippen molar-refractivity contribution in [3.05, 3.63) is 29.8 Å². The maximum absolute atomic E-state index is 10.6. The van der Waals surface area contributed by atoms with Crippen LogP contribution in [0.5, 0.6) is 0 Å². The van der Waals surface area contributed by atoms with E-state index in [0.717, 1.165) is 10.5 Å². The summed E-state index contributed by atoms with van der Waals surface area (Å²) >= 11 is 1.33. The number of hydrogen-bond donors (Lipinski definition) is 1. The fraction of sp³-hybridized carbons (Fsp3) is 0.125. The van der Waals surface area contributed by atoms with Crippen molar-refractivity contribution in [3.8, 4) is 0 Å². The van der Waals surface area contributed by atoms with E-state index in [1.165, 1.54) is 11.9 Å². The predicted octanol–water partition coefficient (Wildman–Crippen LogP) is -2.91. The molecule has 1 N–H and O–H groups in total. The molecule has 13 heavy (non-hydrogen) atoms. The molecule has 0 aliphatic carbocycles. The first kappa shape index (κ1) is 11.1. The van der Waals surface area contributed by atoms with E-state index in [1.54, 1.807) is 6.07 Å². The van der Waals surface area contributed by atoms with Gasteiger partial charge in [0.05, 0.1) is 12.0 Å². The summed E-state index contributed by atoms with van der Waals surface area (Å²) in [5.41, 5.74) is 0.794. The number of carboxylic acids is 1. The van der Waals surface area contributed by atoms with Crippen LogP contribution >= 0.6 is 11.9 Å². The SMILES string of the molecule is O=C([O-])C1NSc2ccccc21.[Na+]. The largest absolute Gasteiger partial charge is 1.00 e. The molecule has 1 aliphatic heterocycles. The van der Waals surface area contributed by atoms with Crippen LogP contribution in [-0.4, -0.2) is 5.97 Å². The summed E-state index contributed by atoms with van der Waals surface area (Å²) in [7, 11) is 0. The first-order valence-electron chi connectivity index (χ1n) is 3.51. The van der Waals surface area contributed by atoms with Crippen LogP contribution in [-0.2, 0) is 4.79 Å². The van der Waals surface area contributed by atoms with E-state index in [1.807, 2.05) is 18.2 Å². The second kappa shape index (κ2) is 4.48. The zero-order chi connectivity index (χ0) is 8.55. The molecule has 0 saturated heterocycles. The Morgan fingerprint density at radius 2 is 2.15 bits per heavy atom. The Hall–Kier alpha value is 0. The normalized spacial score (nSPS) is 18.9. The van der Waals surface area contributed by atoms with Crippen molar-refractivity contribution in [2.24, 2.45) is 0 Å². The van der Waals surface area contributed by atoms with Crippen LogP contribution < -0.4 is 39.4 Å². The molecule has 5 heteroatoms. The third-order valence-electron chi connectivity index (χ3n) is 1.75. The Labute approximate surface area is 102 Å². The Bertz CT molecular complexity index is 332. The number of aliphatic carboxylic acids is 1. The van der Waals surface area contributed by atoms with E-state index in [4.69, 9.17) is 0 Å². The fourth-order valence-corrected chi connectivity index (χ4v) is 2.09. The maximum Gasteiger partial charge on any atom is 1.00 e. The molecule has 1 aliphatic rings. The smallest absolute Gasteiger partial charge is 0.548 e. The molecule has 0 saturated carbocycles. The van der Waals surface area contributed by atoms with Gasteiger partial charge >= 0.3 is 29.6 Å². The van der Waals surface area contributed by atoms with E-state index in [-0.39, 0.29) is 29.6 Å². The number of fused-ring (bicyclic) bond motifs is 1. The molecular weight excluding hydrogens is 197 g/mol. The van der Waals surface area contributed by atoms with E-state index < -0.39 is 12.0 Å². The summed E-state index contributed by atoms with van der Waals surface area (Å²) in [5.74, 6) is -1.08. The topological polar surface area (TPSA) is 52.2 Å². The number of benzene rings is 1. The molecule has 1 heterocycles. The number of carbonyl (C=O) groups excluding carboxylic acids is 1. The van der Waals surface area contributed by atoms with E-state index >= 15 is 0 Å². The minimum absolute atomic E-state index is 0. The molecule has 0 radical (unpaired) electrons. The van der Waals surface area contributed by atoms with Gasteiger partial charge in [-0.1, -0.05) is 18.2 Å². The average Bonchev–Trinajstić information content (AvgIpc) is 2.47. The Morgan fingerprint density at radius 3 is 2.85 bits per heavy atom. The van der Waals surface area contributed by atoms with Crippen LogP contribution in [0, 0.1) is 0 Å². The minimum atomic E-state index is -1.08. The van der Waals surface area contributed by atoms with Gasteiger partial charge in [0.15, 0.2) is 0 Å². The summed E-state index contributed by atoms with van der Waals surface area (Å²) < 4.78 is 2.78. The van der Waals surface area contributed by atoms with Gasteiger partial charge in [-0.3, -0.25) is 0 Å². The van der Waals surface area contributed by atoms with Gasteiger partial charge in [0.2, 0.25) is 0 Å². The second-order valence-electron chi connectivity index (χ2n) is 2.51. The molecular formula is C8H6NNaO2S. The van der Waals surface area contributed by atoms with Crippen LogP contribution in [0.25, 0.3) is 0 Å². The van der Waals surface area contributed by atoms with Gasteiger partial charge in [0, 0.05) is 4.90 Å². The Kier molecular flexibility index (Phi) is 3.82. The average molecular weight is 203 g/mol. The van der Waals surface area contributed by atoms with Gasteiger partial charge in [0.25, 0.3) is 0 Å². The van der Waals surface area contributed by atoms with Crippen LogP contribution in [0.15, 0.2) is 29.2 Å². The third-order valence-corrected chi connectivity index (χ3v) is 2.70. The molecule has 1 aromatic rings. The molecule has 0 bridgehead atoms. The molecule has 0 aromatic heterocycles. The number of rotatable bonds is 1. The zero-order valence-electron chi connectivity index (χ0n) is 7.11. The number of carboxylic acid groups (broad SMARTS) is 1. The van der Waals surface area contributed by atoms with Crippen molar-refractivity contribution in [2.75, 3.05) is 0 Å². The molecule has 3 nitrogen and oxygen atoms in total. The van der Waals surface area contributed by atoms with Crippen molar-refractivity contribution in [1.82, 2.24) is 4.72 Å². The summed E-state index contributed by atoms with van der Waals surface area (Å²) in [6, 6.07) is 6.72. The van der Waals surface area contributed by atoms with E-state index in [2.05, 4.69) is 4.72 Å². The van der Waals surface area contributed by atoms with Gasteiger partial charge in [-0.05, 0) is 23.6 Å². The second-order valence-corrected chi connectivity index (χ2v) is 3.39. The van der Waals surface area contributed by atoms with Crippen LogP contribution in [0.2, 0.25) is 0 Å². The van der Waals surface area contributed by atoms with Crippen molar-refractivity contribution in [2.45, 2.75) is 10.9 Å². The first-order valence-corrected chi connectivity index (χ1v) is 4.33. The van der Waals surface area contributed by atoms with Crippen LogP contribution in [0.3, 0.4) is 0 Å². The predicted molar refractivity (Wildman–Crippen MR) is 43.2 cm³/mol. The molecule has 0 spiro atoms. The molecule has 1 aromatic carbocycles. The van der Waals surface area contributed by atoms with Crippen molar-refractivity contribution >= 4 is 17.9 Å². The van der Waals surface area contributed by atoms with E-state index in [0.29, 0.717) is 0 Å². The first-order chi connectivity index (χ1) is 5.79. The molecule has 2 rings (SSSR count). The van der Waals surface area contributed by atoms with Crippen molar-refractivity contribution in [1.29, 1.82) is 0 Å². The quantitative estimate of drug-likeness (QED) is 0.393. The standard InChI is InChI=1S/C8H7NO2S.Na/c10-8(11)7-5-3-1-2-4-6(5)12-9-7;/h1-4,7,9H,(H,10,11);/q;+1/p-1. The van der Waals surface area contributed by atoms with E-state index in [9.17, 15) is 9.90 Å². The monoisotopic (exact) mass is 203 g/mol. The zero-order valence-corrected chi connectivity index (χ0v) is 9.93. The Morgan fingerprint density at radius 1 is 1.46 bits per heavy atom. The maximum atomic E-state index is 10.6. The Balaban J connectivity index is 0.000000845. The molecule has 1 atom stereocenters. The fourth-order valence-electron chi connectivity index (χ4n) is 1.17. The van der Waals surface area contributed by atoms with Gasteiger partial charge in [-0.25, -0.2) is 4.72 Å². The van der Waals surface area contributed by atoms with Gasteiger partial charge in [0.1, 0.15) is 0 Å². The summed E-state index contributed by atoms with van der Waals surface area (Å²) in [6.45, 7) is 0. The molecule has 1 unspecified atom stereocenters. The van der Waals surface area contributed by atoms with Crippen molar-refractivity contribution < 1.29 is 39.5 Å². The van der Waals surface area contributed by atoms with Crippen molar-refractivity contribution in [3.63, 3.8) is 0 Å². The summed E-state index contributed by atoms with van der Waals surface area (Å²) in [5, 5.41) is 10.6.